The van der Waals surface area contributed by atoms with Gasteiger partial charge in [0.15, 0.2) is 0 Å². The van der Waals surface area contributed by atoms with Crippen LogP contribution in [0.2, 0.25) is 0 Å². The van der Waals surface area contributed by atoms with Gasteiger partial charge < -0.3 is 15.5 Å². The van der Waals surface area contributed by atoms with E-state index in [1.54, 1.807) is 6.20 Å². The molecule has 1 amide bonds. The second kappa shape index (κ2) is 6.47. The minimum absolute atomic E-state index is 0.167. The van der Waals surface area contributed by atoms with Crippen LogP contribution in [0.4, 0.5) is 5.82 Å². The maximum atomic E-state index is 11.8. The fraction of sp³-hybridized carbons (Fsp3) is 0.615. The van der Waals surface area contributed by atoms with E-state index in [0.29, 0.717) is 18.1 Å². The minimum atomic E-state index is -0.167. The molecule has 0 radical (unpaired) electrons. The summed E-state index contributed by atoms with van der Waals surface area (Å²) in [7, 11) is 2.09. The van der Waals surface area contributed by atoms with Crippen LogP contribution in [-0.2, 0) is 0 Å². The van der Waals surface area contributed by atoms with Gasteiger partial charge in [-0.2, -0.15) is 0 Å². The number of likely N-dealkylation sites (N-methyl/N-ethyl adjacent to an activating group) is 1. The van der Waals surface area contributed by atoms with Crippen molar-refractivity contribution in [2.75, 3.05) is 32.0 Å². The lowest BCUT2D eigenvalue weighted by Crippen LogP contribution is -2.34. The lowest BCUT2D eigenvalue weighted by atomic mass is 10.4. The van der Waals surface area contributed by atoms with Crippen molar-refractivity contribution in [2.24, 2.45) is 0 Å². The number of nitrogens with zero attached hydrogens (tertiary/aromatic N) is 3. The predicted molar refractivity (Wildman–Crippen MR) is 74.2 cm³/mol. The minimum Gasteiger partial charge on any atom is -0.369 e. The Labute approximate surface area is 113 Å². The number of anilines is 1. The van der Waals surface area contributed by atoms with E-state index in [9.17, 15) is 4.79 Å². The molecule has 6 nitrogen and oxygen atoms in total. The Kier molecular flexibility index (Phi) is 4.68. The van der Waals surface area contributed by atoms with Crippen LogP contribution in [0.25, 0.3) is 0 Å². The lowest BCUT2D eigenvalue weighted by molar-refractivity contribution is 0.0944. The molecule has 1 aliphatic rings. The molecule has 6 heteroatoms. The van der Waals surface area contributed by atoms with Crippen molar-refractivity contribution >= 4 is 11.7 Å². The Bertz CT molecular complexity index is 416. The molecule has 1 fully saturated rings. The predicted octanol–water partition coefficient (Wildman–Crippen LogP) is 0.732. The Hall–Kier alpha value is -1.69. The van der Waals surface area contributed by atoms with Gasteiger partial charge >= 0.3 is 0 Å². The van der Waals surface area contributed by atoms with E-state index >= 15 is 0 Å². The molecule has 0 aliphatic heterocycles. The van der Waals surface area contributed by atoms with Crippen molar-refractivity contribution in [1.29, 1.82) is 0 Å². The summed E-state index contributed by atoms with van der Waals surface area (Å²) in [6, 6.07) is 0.719. The fourth-order valence-electron chi connectivity index (χ4n) is 1.85. The average molecular weight is 263 g/mol. The largest absolute Gasteiger partial charge is 0.369 e. The molecule has 2 rings (SSSR count). The fourth-order valence-corrected chi connectivity index (χ4v) is 1.85. The molecular formula is C13H21N5O. The summed E-state index contributed by atoms with van der Waals surface area (Å²) < 4.78 is 0. The lowest BCUT2D eigenvalue weighted by Gasteiger charge is -2.15. The molecule has 1 aromatic rings. The molecule has 1 heterocycles. The standard InChI is InChI=1S/C13H21N5O/c1-3-14-12-9-16-11(8-17-12)13(19)15-6-7-18(2)10-4-5-10/h8-10H,3-7H2,1-2H3,(H,14,17)(H,15,19). The molecule has 104 valence electrons. The van der Waals surface area contributed by atoms with Crippen LogP contribution >= 0.6 is 0 Å². The third-order valence-electron chi connectivity index (χ3n) is 3.16. The number of hydrogen-bond acceptors (Lipinski definition) is 5. The van der Waals surface area contributed by atoms with Gasteiger partial charge in [-0.25, -0.2) is 9.97 Å². The Morgan fingerprint density at radius 3 is 2.79 bits per heavy atom. The van der Waals surface area contributed by atoms with Crippen molar-refractivity contribution < 1.29 is 4.79 Å². The number of nitrogens with one attached hydrogen (secondary N) is 2. The van der Waals surface area contributed by atoms with Gasteiger partial charge in [-0.1, -0.05) is 0 Å². The second-order valence-electron chi connectivity index (χ2n) is 4.78. The molecule has 1 aromatic heterocycles. The van der Waals surface area contributed by atoms with Gasteiger partial charge in [0.05, 0.1) is 12.4 Å². The van der Waals surface area contributed by atoms with E-state index in [2.05, 4.69) is 32.5 Å². The number of amides is 1. The number of aromatic nitrogens is 2. The number of carbonyl (C=O) groups excluding carboxylic acids is 1. The first-order chi connectivity index (χ1) is 9.20. The monoisotopic (exact) mass is 263 g/mol. The molecule has 1 aliphatic carbocycles. The first-order valence-corrected chi connectivity index (χ1v) is 6.75. The molecule has 0 unspecified atom stereocenters. The number of carbonyl (C=O) groups is 1. The molecule has 19 heavy (non-hydrogen) atoms. The Morgan fingerprint density at radius 1 is 1.42 bits per heavy atom. The maximum Gasteiger partial charge on any atom is 0.271 e. The van der Waals surface area contributed by atoms with Crippen LogP contribution in [0, 0.1) is 0 Å². The van der Waals surface area contributed by atoms with E-state index in [1.807, 2.05) is 6.92 Å². The SMILES string of the molecule is CCNc1cnc(C(=O)NCCN(C)C2CC2)cn1. The summed E-state index contributed by atoms with van der Waals surface area (Å²) >= 11 is 0. The van der Waals surface area contributed by atoms with Gasteiger partial charge in [0.25, 0.3) is 5.91 Å². The zero-order valence-corrected chi connectivity index (χ0v) is 11.5. The molecule has 0 bridgehead atoms. The first kappa shape index (κ1) is 13.7. The van der Waals surface area contributed by atoms with Gasteiger partial charge in [-0.3, -0.25) is 4.79 Å². The molecule has 0 spiro atoms. The van der Waals surface area contributed by atoms with Crippen LogP contribution in [0.5, 0.6) is 0 Å². The smallest absolute Gasteiger partial charge is 0.271 e. The second-order valence-corrected chi connectivity index (χ2v) is 4.78. The summed E-state index contributed by atoms with van der Waals surface area (Å²) in [5.74, 6) is 0.521. The number of rotatable bonds is 7. The average Bonchev–Trinajstić information content (AvgIpc) is 3.24. The van der Waals surface area contributed by atoms with E-state index in [4.69, 9.17) is 0 Å². The van der Waals surface area contributed by atoms with Gasteiger partial charge in [0.1, 0.15) is 11.5 Å². The molecule has 0 atom stereocenters. The van der Waals surface area contributed by atoms with E-state index in [-0.39, 0.29) is 5.91 Å². The van der Waals surface area contributed by atoms with Gasteiger partial charge in [-0.05, 0) is 26.8 Å². The van der Waals surface area contributed by atoms with Crippen LogP contribution < -0.4 is 10.6 Å². The van der Waals surface area contributed by atoms with E-state index in [0.717, 1.165) is 19.1 Å². The molecule has 0 aromatic carbocycles. The van der Waals surface area contributed by atoms with Crippen LogP contribution in [0.1, 0.15) is 30.3 Å². The maximum absolute atomic E-state index is 11.8. The zero-order valence-electron chi connectivity index (χ0n) is 11.5. The number of hydrogen-bond donors (Lipinski definition) is 2. The summed E-state index contributed by atoms with van der Waals surface area (Å²) in [5.41, 5.74) is 0.357. The van der Waals surface area contributed by atoms with Crippen LogP contribution in [0.15, 0.2) is 12.4 Å². The Balaban J connectivity index is 1.75. The van der Waals surface area contributed by atoms with Crippen molar-refractivity contribution in [2.45, 2.75) is 25.8 Å². The molecule has 1 saturated carbocycles. The van der Waals surface area contributed by atoms with Gasteiger partial charge in [-0.15, -0.1) is 0 Å². The molecule has 2 N–H and O–H groups in total. The third-order valence-corrected chi connectivity index (χ3v) is 3.16. The summed E-state index contributed by atoms with van der Waals surface area (Å²) in [4.78, 5) is 22.3. The normalized spacial score (nSPS) is 14.5. The highest BCUT2D eigenvalue weighted by molar-refractivity contribution is 5.91. The summed E-state index contributed by atoms with van der Waals surface area (Å²) in [6.45, 7) is 4.29. The molecular weight excluding hydrogens is 242 g/mol. The highest BCUT2D eigenvalue weighted by Gasteiger charge is 2.25. The van der Waals surface area contributed by atoms with Gasteiger partial charge in [0.2, 0.25) is 0 Å². The van der Waals surface area contributed by atoms with Crippen molar-refractivity contribution in [3.8, 4) is 0 Å². The van der Waals surface area contributed by atoms with Crippen molar-refractivity contribution in [3.63, 3.8) is 0 Å². The van der Waals surface area contributed by atoms with Crippen LogP contribution in [0.3, 0.4) is 0 Å². The van der Waals surface area contributed by atoms with E-state index < -0.39 is 0 Å². The highest BCUT2D eigenvalue weighted by Crippen LogP contribution is 2.24. The molecule has 0 saturated heterocycles. The highest BCUT2D eigenvalue weighted by atomic mass is 16.1. The van der Waals surface area contributed by atoms with E-state index in [1.165, 1.54) is 19.0 Å². The summed E-state index contributed by atoms with van der Waals surface area (Å²) in [5, 5.41) is 5.90. The zero-order chi connectivity index (χ0) is 13.7. The first-order valence-electron chi connectivity index (χ1n) is 6.75. The third kappa shape index (κ3) is 4.17. The summed E-state index contributed by atoms with van der Waals surface area (Å²) in [6.07, 6.45) is 5.64. The van der Waals surface area contributed by atoms with Crippen LogP contribution in [-0.4, -0.2) is 53.5 Å². The quantitative estimate of drug-likeness (QED) is 0.759. The van der Waals surface area contributed by atoms with Crippen molar-refractivity contribution in [1.82, 2.24) is 20.2 Å². The van der Waals surface area contributed by atoms with Crippen molar-refractivity contribution in [3.05, 3.63) is 18.1 Å². The topological polar surface area (TPSA) is 70.2 Å². The Morgan fingerprint density at radius 2 is 2.21 bits per heavy atom. The van der Waals surface area contributed by atoms with Gasteiger partial charge in [0, 0.05) is 25.7 Å².